The van der Waals surface area contributed by atoms with Crippen LogP contribution >= 0.6 is 11.8 Å². The van der Waals surface area contributed by atoms with Gasteiger partial charge in [-0.15, -0.1) is 10.2 Å². The number of carbonyl (C=O) groups is 1. The van der Waals surface area contributed by atoms with Crippen molar-refractivity contribution >= 4 is 17.7 Å². The van der Waals surface area contributed by atoms with Gasteiger partial charge in [0.05, 0.1) is 12.6 Å². The lowest BCUT2D eigenvalue weighted by Gasteiger charge is -2.13. The molecule has 0 aliphatic heterocycles. The maximum atomic E-state index is 11.2. The quantitative estimate of drug-likeness (QED) is 0.598. The molecule has 1 unspecified atom stereocenters. The Bertz CT molecular complexity index is 383. The highest BCUT2D eigenvalue weighted by molar-refractivity contribution is 7.99. The van der Waals surface area contributed by atoms with E-state index in [1.54, 1.807) is 6.92 Å². The zero-order valence-electron chi connectivity index (χ0n) is 10.9. The van der Waals surface area contributed by atoms with Crippen LogP contribution in [0.3, 0.4) is 0 Å². The van der Waals surface area contributed by atoms with Gasteiger partial charge in [0.2, 0.25) is 5.89 Å². The molecule has 6 nitrogen and oxygen atoms in total. The van der Waals surface area contributed by atoms with Gasteiger partial charge >= 0.3 is 5.97 Å². The van der Waals surface area contributed by atoms with E-state index in [9.17, 15) is 4.79 Å². The van der Waals surface area contributed by atoms with Gasteiger partial charge in [-0.1, -0.05) is 32.0 Å². The summed E-state index contributed by atoms with van der Waals surface area (Å²) in [6.07, 6.45) is 0.939. The zero-order chi connectivity index (χ0) is 13.5. The van der Waals surface area contributed by atoms with Gasteiger partial charge < -0.3 is 14.9 Å². The van der Waals surface area contributed by atoms with Crippen LogP contribution in [-0.2, 0) is 9.53 Å². The molecular weight excluding hydrogens is 254 g/mol. The fourth-order valence-electron chi connectivity index (χ4n) is 1.23. The Balaban J connectivity index is 2.50. The molecular formula is C11H19N3O3S. The summed E-state index contributed by atoms with van der Waals surface area (Å²) in [7, 11) is 0. The predicted molar refractivity (Wildman–Crippen MR) is 68.0 cm³/mol. The Hall–Kier alpha value is -1.08. The molecule has 0 aromatic carbocycles. The number of thioether (sulfide) groups is 1. The second-order valence-electron chi connectivity index (χ2n) is 3.91. The van der Waals surface area contributed by atoms with Crippen LogP contribution in [0.5, 0.6) is 0 Å². The lowest BCUT2D eigenvalue weighted by Crippen LogP contribution is -2.18. The first-order valence-electron chi connectivity index (χ1n) is 5.95. The number of ether oxygens (including phenoxy) is 1. The number of nitrogens with zero attached hydrogens (tertiary/aromatic N) is 2. The average Bonchev–Trinajstić information content (AvgIpc) is 2.83. The molecule has 0 saturated carbocycles. The number of esters is 1. The van der Waals surface area contributed by atoms with E-state index in [1.165, 1.54) is 0 Å². The van der Waals surface area contributed by atoms with E-state index in [4.69, 9.17) is 14.9 Å². The van der Waals surface area contributed by atoms with Gasteiger partial charge in [0, 0.05) is 0 Å². The van der Waals surface area contributed by atoms with E-state index >= 15 is 0 Å². The molecule has 0 spiro atoms. The summed E-state index contributed by atoms with van der Waals surface area (Å²) in [5.74, 6) is 0.547. The van der Waals surface area contributed by atoms with Gasteiger partial charge in [0.25, 0.3) is 5.22 Å². The van der Waals surface area contributed by atoms with Crippen LogP contribution < -0.4 is 5.73 Å². The normalized spacial score (nSPS) is 14.2. The highest BCUT2D eigenvalue weighted by Crippen LogP contribution is 2.24. The van der Waals surface area contributed by atoms with Crippen LogP contribution in [-0.4, -0.2) is 28.5 Å². The molecule has 0 fully saturated rings. The average molecular weight is 273 g/mol. The molecule has 0 radical (unpaired) electrons. The monoisotopic (exact) mass is 273 g/mol. The molecule has 18 heavy (non-hydrogen) atoms. The summed E-state index contributed by atoms with van der Waals surface area (Å²) in [4.78, 5) is 11.2. The van der Waals surface area contributed by atoms with E-state index in [-0.39, 0.29) is 23.7 Å². The number of hydrogen-bond acceptors (Lipinski definition) is 7. The zero-order valence-corrected chi connectivity index (χ0v) is 11.7. The lowest BCUT2D eigenvalue weighted by molar-refractivity contribution is -0.139. The van der Waals surface area contributed by atoms with Crippen molar-refractivity contribution in [2.45, 2.75) is 38.5 Å². The summed E-state index contributed by atoms with van der Waals surface area (Å²) in [5.41, 5.74) is 5.97. The molecule has 0 aliphatic rings. The number of aromatic nitrogens is 2. The predicted octanol–water partition coefficient (Wildman–Crippen LogP) is 1.77. The maximum Gasteiger partial charge on any atom is 0.316 e. The first kappa shape index (κ1) is 15.0. The number of rotatable bonds is 7. The summed E-state index contributed by atoms with van der Waals surface area (Å²) in [5, 5.41) is 8.08. The van der Waals surface area contributed by atoms with Crippen molar-refractivity contribution in [3.05, 3.63) is 5.89 Å². The van der Waals surface area contributed by atoms with Crippen LogP contribution in [0, 0.1) is 5.92 Å². The molecule has 7 heteroatoms. The summed E-state index contributed by atoms with van der Waals surface area (Å²) in [6.45, 7) is 6.21. The highest BCUT2D eigenvalue weighted by atomic mass is 32.2. The number of nitrogens with two attached hydrogens (primary N) is 1. The highest BCUT2D eigenvalue weighted by Gasteiger charge is 2.20. The third kappa shape index (κ3) is 4.30. The van der Waals surface area contributed by atoms with Crippen molar-refractivity contribution in [2.24, 2.45) is 11.7 Å². The molecule has 0 aliphatic carbocycles. The Labute approximate surface area is 111 Å². The summed E-state index contributed by atoms with van der Waals surface area (Å²) < 4.78 is 10.2. The smallest absolute Gasteiger partial charge is 0.316 e. The Morgan fingerprint density at radius 2 is 2.22 bits per heavy atom. The van der Waals surface area contributed by atoms with Gasteiger partial charge in [0.1, 0.15) is 5.75 Å². The van der Waals surface area contributed by atoms with E-state index in [1.807, 2.05) is 6.92 Å². The third-order valence-corrected chi connectivity index (χ3v) is 3.38. The van der Waals surface area contributed by atoms with Crippen molar-refractivity contribution in [1.82, 2.24) is 10.2 Å². The maximum absolute atomic E-state index is 11.2. The van der Waals surface area contributed by atoms with Gasteiger partial charge in [-0.2, -0.15) is 0 Å². The van der Waals surface area contributed by atoms with Crippen LogP contribution in [0.1, 0.15) is 39.1 Å². The van der Waals surface area contributed by atoms with Gasteiger partial charge in [-0.05, 0) is 12.8 Å². The van der Waals surface area contributed by atoms with E-state index in [2.05, 4.69) is 17.1 Å². The van der Waals surface area contributed by atoms with Crippen molar-refractivity contribution in [1.29, 1.82) is 0 Å². The largest absolute Gasteiger partial charge is 0.465 e. The van der Waals surface area contributed by atoms with Gasteiger partial charge in [-0.25, -0.2) is 0 Å². The number of carbonyl (C=O) groups excluding carboxylic acids is 1. The molecule has 2 atom stereocenters. The van der Waals surface area contributed by atoms with Crippen molar-refractivity contribution < 1.29 is 13.9 Å². The fourth-order valence-corrected chi connectivity index (χ4v) is 1.80. The molecule has 2 N–H and O–H groups in total. The molecule has 0 bridgehead atoms. The molecule has 1 aromatic heterocycles. The first-order chi connectivity index (χ1) is 8.58. The SMILES string of the molecule is CCOC(=O)CSc1nnc([C@@H](N)C(C)CC)o1. The molecule has 0 saturated heterocycles. The minimum Gasteiger partial charge on any atom is -0.465 e. The number of hydrogen-bond donors (Lipinski definition) is 1. The standard InChI is InChI=1S/C11H19N3O3S/c1-4-7(3)9(12)10-13-14-11(17-10)18-6-8(15)16-5-2/h7,9H,4-6,12H2,1-3H3/t7?,9-/m0/s1. The fraction of sp³-hybridized carbons (Fsp3) is 0.727. The van der Waals surface area contributed by atoms with Crippen molar-refractivity contribution in [3.63, 3.8) is 0 Å². The van der Waals surface area contributed by atoms with Crippen LogP contribution in [0.15, 0.2) is 9.64 Å². The van der Waals surface area contributed by atoms with Crippen molar-refractivity contribution in [3.8, 4) is 0 Å². The van der Waals surface area contributed by atoms with Crippen LogP contribution in [0.4, 0.5) is 0 Å². The van der Waals surface area contributed by atoms with E-state index < -0.39 is 0 Å². The van der Waals surface area contributed by atoms with Gasteiger partial charge in [-0.3, -0.25) is 4.79 Å². The molecule has 0 amide bonds. The molecule has 1 heterocycles. The van der Waals surface area contributed by atoms with E-state index in [0.717, 1.165) is 18.2 Å². The Morgan fingerprint density at radius 1 is 1.50 bits per heavy atom. The summed E-state index contributed by atoms with van der Waals surface area (Å²) >= 11 is 1.16. The lowest BCUT2D eigenvalue weighted by atomic mass is 10.0. The van der Waals surface area contributed by atoms with Crippen LogP contribution in [0.25, 0.3) is 0 Å². The molecule has 102 valence electrons. The van der Waals surface area contributed by atoms with Gasteiger partial charge in [0.15, 0.2) is 0 Å². The second-order valence-corrected chi connectivity index (χ2v) is 4.84. The molecule has 1 rings (SSSR count). The molecule has 1 aromatic rings. The minimum atomic E-state index is -0.298. The Kier molecular flexibility index (Phi) is 6.14. The topological polar surface area (TPSA) is 91.2 Å². The van der Waals surface area contributed by atoms with Crippen LogP contribution in [0.2, 0.25) is 0 Å². The second kappa shape index (κ2) is 7.38. The first-order valence-corrected chi connectivity index (χ1v) is 6.94. The third-order valence-electron chi connectivity index (χ3n) is 2.58. The van der Waals surface area contributed by atoms with E-state index in [0.29, 0.717) is 17.7 Å². The van der Waals surface area contributed by atoms with Crippen molar-refractivity contribution in [2.75, 3.05) is 12.4 Å². The Morgan fingerprint density at radius 3 is 2.83 bits per heavy atom. The minimum absolute atomic E-state index is 0.161. The summed E-state index contributed by atoms with van der Waals surface area (Å²) in [6, 6.07) is -0.264.